The minimum absolute atomic E-state index is 0.219. The lowest BCUT2D eigenvalue weighted by Gasteiger charge is -2.19. The first kappa shape index (κ1) is 10.2. The number of thiocarbonyl (C=S) groups is 1. The van der Waals surface area contributed by atoms with Gasteiger partial charge >= 0.3 is 5.97 Å². The molecule has 4 nitrogen and oxygen atoms in total. The maximum atomic E-state index is 11.2. The molecule has 6 heteroatoms. The Morgan fingerprint density at radius 1 is 1.85 bits per heavy atom. The topological polar surface area (TPSA) is 57.6 Å². The standard InChI is InChI=1S/C7H7NO3S2/c1-2-4(6(10)11)8-5(9)3-13-7(8)12/h2,4H,1,3H2,(H,10,11). The zero-order chi connectivity index (χ0) is 10.0. The van der Waals surface area contributed by atoms with Gasteiger partial charge in [0, 0.05) is 0 Å². The Morgan fingerprint density at radius 3 is 2.77 bits per heavy atom. The molecule has 1 N–H and O–H groups in total. The Bertz CT molecular complexity index is 273. The highest BCUT2D eigenvalue weighted by Crippen LogP contribution is 2.22. The molecule has 0 saturated carbocycles. The minimum atomic E-state index is -1.12. The largest absolute Gasteiger partial charge is 0.479 e. The van der Waals surface area contributed by atoms with Crippen LogP contribution >= 0.6 is 24.0 Å². The first-order valence-corrected chi connectivity index (χ1v) is 4.81. The number of hydrogen-bond acceptors (Lipinski definition) is 4. The molecule has 1 rings (SSSR count). The Morgan fingerprint density at radius 2 is 2.46 bits per heavy atom. The molecular formula is C7H7NO3S2. The maximum absolute atomic E-state index is 11.2. The summed E-state index contributed by atoms with van der Waals surface area (Å²) in [5.41, 5.74) is 0. The lowest BCUT2D eigenvalue weighted by Crippen LogP contribution is -2.42. The van der Waals surface area contributed by atoms with E-state index in [1.807, 2.05) is 0 Å². The van der Waals surface area contributed by atoms with Gasteiger partial charge in [-0.05, 0) is 0 Å². The summed E-state index contributed by atoms with van der Waals surface area (Å²) in [5.74, 6) is -1.17. The highest BCUT2D eigenvalue weighted by molar-refractivity contribution is 8.23. The smallest absolute Gasteiger partial charge is 0.330 e. The third-order valence-electron chi connectivity index (χ3n) is 1.54. The van der Waals surface area contributed by atoms with Crippen molar-refractivity contribution in [3.8, 4) is 0 Å². The summed E-state index contributed by atoms with van der Waals surface area (Å²) in [4.78, 5) is 22.9. The van der Waals surface area contributed by atoms with Crippen molar-refractivity contribution in [2.75, 3.05) is 5.75 Å². The van der Waals surface area contributed by atoms with Crippen LogP contribution in [-0.4, -0.2) is 38.0 Å². The van der Waals surface area contributed by atoms with Gasteiger partial charge in [0.1, 0.15) is 4.32 Å². The highest BCUT2D eigenvalue weighted by atomic mass is 32.2. The molecule has 1 aliphatic rings. The molecule has 1 fully saturated rings. The Labute approximate surface area is 84.6 Å². The molecule has 1 unspecified atom stereocenters. The third-order valence-corrected chi connectivity index (χ3v) is 2.92. The predicted octanol–water partition coefficient (Wildman–Crippen LogP) is 0.486. The van der Waals surface area contributed by atoms with Gasteiger partial charge in [0.05, 0.1) is 5.75 Å². The van der Waals surface area contributed by atoms with Crippen LogP contribution in [0.25, 0.3) is 0 Å². The average molecular weight is 217 g/mol. The van der Waals surface area contributed by atoms with Gasteiger partial charge in [-0.15, -0.1) is 6.58 Å². The monoisotopic (exact) mass is 217 g/mol. The summed E-state index contributed by atoms with van der Waals surface area (Å²) in [6.07, 6.45) is 1.19. The van der Waals surface area contributed by atoms with E-state index in [1.165, 1.54) is 17.8 Å². The zero-order valence-corrected chi connectivity index (χ0v) is 8.23. The highest BCUT2D eigenvalue weighted by Gasteiger charge is 2.35. The van der Waals surface area contributed by atoms with E-state index in [-0.39, 0.29) is 11.7 Å². The Kier molecular flexibility index (Phi) is 3.05. The number of aliphatic carboxylic acids is 1. The third kappa shape index (κ3) is 1.89. The van der Waals surface area contributed by atoms with Crippen molar-refractivity contribution in [3.63, 3.8) is 0 Å². The lowest BCUT2D eigenvalue weighted by atomic mass is 10.2. The van der Waals surface area contributed by atoms with Crippen molar-refractivity contribution in [1.82, 2.24) is 4.90 Å². The van der Waals surface area contributed by atoms with Gasteiger partial charge in [-0.1, -0.05) is 30.1 Å². The Balaban J connectivity index is 2.90. The molecule has 1 amide bonds. The summed E-state index contributed by atoms with van der Waals surface area (Å²) in [7, 11) is 0. The van der Waals surface area contributed by atoms with Gasteiger partial charge in [-0.25, -0.2) is 4.79 Å². The molecule has 1 heterocycles. The van der Waals surface area contributed by atoms with Crippen LogP contribution in [0.4, 0.5) is 0 Å². The van der Waals surface area contributed by atoms with Crippen LogP contribution in [0.3, 0.4) is 0 Å². The number of carbonyl (C=O) groups excluding carboxylic acids is 1. The summed E-state index contributed by atoms with van der Waals surface area (Å²) in [6.45, 7) is 3.35. The fourth-order valence-corrected chi connectivity index (χ4v) is 2.08. The second-order valence-electron chi connectivity index (χ2n) is 2.34. The van der Waals surface area contributed by atoms with Crippen LogP contribution < -0.4 is 0 Å². The molecule has 0 bridgehead atoms. The van der Waals surface area contributed by atoms with E-state index in [1.54, 1.807) is 0 Å². The molecule has 1 saturated heterocycles. The SMILES string of the molecule is C=CC(C(=O)O)N1C(=O)CSC1=S. The fourth-order valence-electron chi connectivity index (χ4n) is 0.950. The fraction of sp³-hybridized carbons (Fsp3) is 0.286. The van der Waals surface area contributed by atoms with E-state index in [0.717, 1.165) is 4.90 Å². The summed E-state index contributed by atoms with van der Waals surface area (Å²) in [6, 6.07) is -1.03. The van der Waals surface area contributed by atoms with Crippen molar-refractivity contribution in [1.29, 1.82) is 0 Å². The lowest BCUT2D eigenvalue weighted by molar-refractivity contribution is -0.143. The van der Waals surface area contributed by atoms with E-state index in [4.69, 9.17) is 17.3 Å². The molecule has 0 aliphatic carbocycles. The van der Waals surface area contributed by atoms with Gasteiger partial charge in [0.15, 0.2) is 6.04 Å². The van der Waals surface area contributed by atoms with Gasteiger partial charge in [-0.2, -0.15) is 0 Å². The van der Waals surface area contributed by atoms with Crippen molar-refractivity contribution in [3.05, 3.63) is 12.7 Å². The average Bonchev–Trinajstić information content (AvgIpc) is 2.36. The van der Waals surface area contributed by atoms with Crippen molar-refractivity contribution < 1.29 is 14.7 Å². The normalized spacial score (nSPS) is 18.9. The quantitative estimate of drug-likeness (QED) is 0.550. The number of carboxylic acids is 1. The van der Waals surface area contributed by atoms with Crippen molar-refractivity contribution in [2.24, 2.45) is 0 Å². The molecule has 1 atom stereocenters. The van der Waals surface area contributed by atoms with Gasteiger partial charge < -0.3 is 5.11 Å². The Hall–Kier alpha value is -0.880. The van der Waals surface area contributed by atoms with E-state index < -0.39 is 12.0 Å². The van der Waals surface area contributed by atoms with Gasteiger partial charge in [-0.3, -0.25) is 9.69 Å². The van der Waals surface area contributed by atoms with Crippen molar-refractivity contribution in [2.45, 2.75) is 6.04 Å². The molecule has 0 aromatic rings. The number of nitrogens with zero attached hydrogens (tertiary/aromatic N) is 1. The van der Waals surface area contributed by atoms with Crippen molar-refractivity contribution >= 4 is 40.2 Å². The predicted molar refractivity (Wildman–Crippen MR) is 53.5 cm³/mol. The molecule has 0 spiro atoms. The number of carbonyl (C=O) groups is 2. The number of hydrogen-bond donors (Lipinski definition) is 1. The van der Waals surface area contributed by atoms with Crippen LogP contribution in [0.15, 0.2) is 12.7 Å². The summed E-state index contributed by atoms with van der Waals surface area (Å²) >= 11 is 6.01. The van der Waals surface area contributed by atoms with E-state index in [0.29, 0.717) is 4.32 Å². The molecule has 1 aliphatic heterocycles. The molecule has 0 aromatic carbocycles. The van der Waals surface area contributed by atoms with Crippen LogP contribution in [0.5, 0.6) is 0 Å². The van der Waals surface area contributed by atoms with E-state index >= 15 is 0 Å². The first-order chi connectivity index (χ1) is 6.07. The first-order valence-electron chi connectivity index (χ1n) is 3.42. The van der Waals surface area contributed by atoms with E-state index in [9.17, 15) is 9.59 Å². The van der Waals surface area contributed by atoms with E-state index in [2.05, 4.69) is 6.58 Å². The second kappa shape index (κ2) is 3.89. The number of thioether (sulfide) groups is 1. The van der Waals surface area contributed by atoms with Crippen LogP contribution in [0.1, 0.15) is 0 Å². The van der Waals surface area contributed by atoms with Gasteiger partial charge in [0.2, 0.25) is 5.91 Å². The molecule has 0 radical (unpaired) electrons. The minimum Gasteiger partial charge on any atom is -0.479 e. The molecule has 0 aromatic heterocycles. The van der Waals surface area contributed by atoms with Crippen LogP contribution in [-0.2, 0) is 9.59 Å². The maximum Gasteiger partial charge on any atom is 0.330 e. The van der Waals surface area contributed by atoms with Crippen LogP contribution in [0.2, 0.25) is 0 Å². The van der Waals surface area contributed by atoms with Gasteiger partial charge in [0.25, 0.3) is 0 Å². The second-order valence-corrected chi connectivity index (χ2v) is 3.95. The zero-order valence-electron chi connectivity index (χ0n) is 6.60. The molecule has 70 valence electrons. The molecule has 13 heavy (non-hydrogen) atoms. The number of amides is 1. The number of rotatable bonds is 3. The molecular weight excluding hydrogens is 210 g/mol. The summed E-state index contributed by atoms with van der Waals surface area (Å²) < 4.78 is 0.303. The summed E-state index contributed by atoms with van der Waals surface area (Å²) in [5, 5.41) is 8.74. The number of carboxylic acid groups (broad SMARTS) is 1. The van der Waals surface area contributed by atoms with Crippen LogP contribution in [0, 0.1) is 0 Å².